The van der Waals surface area contributed by atoms with Crippen LogP contribution in [0.2, 0.25) is 0 Å². The predicted molar refractivity (Wildman–Crippen MR) is 80.5 cm³/mol. The van der Waals surface area contributed by atoms with Crippen molar-refractivity contribution in [1.29, 1.82) is 0 Å². The van der Waals surface area contributed by atoms with Gasteiger partial charge in [-0.1, -0.05) is 31.2 Å². The first-order valence-electron chi connectivity index (χ1n) is 7.02. The van der Waals surface area contributed by atoms with E-state index in [-0.39, 0.29) is 6.04 Å². The van der Waals surface area contributed by atoms with Gasteiger partial charge in [-0.05, 0) is 30.0 Å². The van der Waals surface area contributed by atoms with Crippen LogP contribution in [0.5, 0.6) is 0 Å². The maximum atomic E-state index is 6.21. The Balaban J connectivity index is 2.15. The molecule has 3 heteroatoms. The lowest BCUT2D eigenvalue weighted by Gasteiger charge is -2.31. The van der Waals surface area contributed by atoms with Crippen LogP contribution in [0.4, 0.5) is 5.69 Å². The molecule has 0 aromatic heterocycles. The molecule has 3 nitrogen and oxygen atoms in total. The third-order valence-electron chi connectivity index (χ3n) is 3.75. The Morgan fingerprint density at radius 2 is 2.16 bits per heavy atom. The maximum absolute atomic E-state index is 6.21. The van der Waals surface area contributed by atoms with Crippen LogP contribution in [-0.4, -0.2) is 26.8 Å². The van der Waals surface area contributed by atoms with Crippen LogP contribution in [0.25, 0.3) is 0 Å². The number of hydrogen-bond acceptors (Lipinski definition) is 3. The summed E-state index contributed by atoms with van der Waals surface area (Å²) in [6.45, 7) is 4.88. The SMILES string of the molecule is CCC(N)c1ccccc1N1CC=C(COC)CC1. The highest BCUT2D eigenvalue weighted by molar-refractivity contribution is 5.56. The topological polar surface area (TPSA) is 38.5 Å². The van der Waals surface area contributed by atoms with Crippen molar-refractivity contribution in [3.05, 3.63) is 41.5 Å². The molecule has 1 unspecified atom stereocenters. The molecule has 0 aliphatic carbocycles. The van der Waals surface area contributed by atoms with E-state index in [4.69, 9.17) is 10.5 Å². The number of hydrogen-bond donors (Lipinski definition) is 1. The van der Waals surface area contributed by atoms with Gasteiger partial charge in [-0.15, -0.1) is 0 Å². The summed E-state index contributed by atoms with van der Waals surface area (Å²) in [4.78, 5) is 2.41. The molecule has 1 atom stereocenters. The number of methoxy groups -OCH3 is 1. The first kappa shape index (κ1) is 14.1. The molecule has 0 spiro atoms. The second kappa shape index (κ2) is 6.73. The molecular formula is C16H24N2O. The van der Waals surface area contributed by atoms with Crippen LogP contribution in [-0.2, 0) is 4.74 Å². The highest BCUT2D eigenvalue weighted by Gasteiger charge is 2.17. The van der Waals surface area contributed by atoms with E-state index in [9.17, 15) is 0 Å². The summed E-state index contributed by atoms with van der Waals surface area (Å²) in [5, 5.41) is 0. The summed E-state index contributed by atoms with van der Waals surface area (Å²) in [5.41, 5.74) is 10.2. The fourth-order valence-corrected chi connectivity index (χ4v) is 2.56. The van der Waals surface area contributed by atoms with Gasteiger partial charge in [0.05, 0.1) is 6.61 Å². The monoisotopic (exact) mass is 260 g/mol. The van der Waals surface area contributed by atoms with Gasteiger partial charge in [0.15, 0.2) is 0 Å². The minimum atomic E-state index is 0.126. The van der Waals surface area contributed by atoms with Gasteiger partial charge in [-0.3, -0.25) is 0 Å². The first-order valence-corrected chi connectivity index (χ1v) is 7.02. The Bertz CT molecular complexity index is 442. The van der Waals surface area contributed by atoms with E-state index in [1.54, 1.807) is 7.11 Å². The van der Waals surface area contributed by atoms with E-state index in [0.717, 1.165) is 32.5 Å². The summed E-state index contributed by atoms with van der Waals surface area (Å²) in [6, 6.07) is 8.62. The van der Waals surface area contributed by atoms with Crippen molar-refractivity contribution in [2.24, 2.45) is 5.73 Å². The quantitative estimate of drug-likeness (QED) is 0.827. The van der Waals surface area contributed by atoms with Gasteiger partial charge < -0.3 is 15.4 Å². The molecule has 2 N–H and O–H groups in total. The first-order chi connectivity index (χ1) is 9.26. The van der Waals surface area contributed by atoms with Gasteiger partial charge in [0.2, 0.25) is 0 Å². The third-order valence-corrected chi connectivity index (χ3v) is 3.75. The van der Waals surface area contributed by atoms with Crippen LogP contribution in [0, 0.1) is 0 Å². The molecule has 1 heterocycles. The van der Waals surface area contributed by atoms with Crippen LogP contribution in [0.3, 0.4) is 0 Å². The minimum absolute atomic E-state index is 0.126. The number of para-hydroxylation sites is 1. The van der Waals surface area contributed by atoms with Gasteiger partial charge >= 0.3 is 0 Å². The molecular weight excluding hydrogens is 236 g/mol. The molecule has 0 bridgehead atoms. The Labute approximate surface area is 116 Å². The van der Waals surface area contributed by atoms with Crippen molar-refractivity contribution in [3.63, 3.8) is 0 Å². The minimum Gasteiger partial charge on any atom is -0.380 e. The fourth-order valence-electron chi connectivity index (χ4n) is 2.56. The number of ether oxygens (including phenoxy) is 1. The Kier molecular flexibility index (Phi) is 5.00. The zero-order valence-corrected chi connectivity index (χ0v) is 11.9. The average Bonchev–Trinajstić information content (AvgIpc) is 2.47. The van der Waals surface area contributed by atoms with Crippen LogP contribution < -0.4 is 10.6 Å². The van der Waals surface area contributed by atoms with Crippen molar-refractivity contribution in [2.45, 2.75) is 25.8 Å². The van der Waals surface area contributed by atoms with Gasteiger partial charge in [0, 0.05) is 31.9 Å². The van der Waals surface area contributed by atoms with Crippen molar-refractivity contribution in [1.82, 2.24) is 0 Å². The van der Waals surface area contributed by atoms with Crippen LogP contribution in [0.15, 0.2) is 35.9 Å². The van der Waals surface area contributed by atoms with Crippen molar-refractivity contribution in [3.8, 4) is 0 Å². The van der Waals surface area contributed by atoms with E-state index in [2.05, 4.69) is 42.2 Å². The van der Waals surface area contributed by atoms with E-state index in [1.165, 1.54) is 16.8 Å². The fraction of sp³-hybridized carbons (Fsp3) is 0.500. The van der Waals surface area contributed by atoms with Crippen molar-refractivity contribution < 1.29 is 4.74 Å². The molecule has 1 aromatic carbocycles. The van der Waals surface area contributed by atoms with Gasteiger partial charge in [-0.25, -0.2) is 0 Å². The molecule has 0 saturated heterocycles. The number of rotatable bonds is 5. The molecule has 1 aliphatic heterocycles. The zero-order valence-electron chi connectivity index (χ0n) is 11.9. The summed E-state index contributed by atoms with van der Waals surface area (Å²) >= 11 is 0. The molecule has 2 rings (SSSR count). The standard InChI is InChI=1S/C16H24N2O/c1-3-15(17)14-6-4-5-7-16(14)18-10-8-13(9-11-18)12-19-2/h4-8,15H,3,9-12,17H2,1-2H3. The highest BCUT2D eigenvalue weighted by atomic mass is 16.5. The largest absolute Gasteiger partial charge is 0.380 e. The van der Waals surface area contributed by atoms with Crippen LogP contribution >= 0.6 is 0 Å². The lowest BCUT2D eigenvalue weighted by Crippen LogP contribution is -2.31. The Morgan fingerprint density at radius 1 is 1.37 bits per heavy atom. The normalized spacial score (nSPS) is 17.2. The van der Waals surface area contributed by atoms with Crippen molar-refractivity contribution in [2.75, 3.05) is 31.7 Å². The number of nitrogens with zero attached hydrogens (tertiary/aromatic N) is 1. The van der Waals surface area contributed by atoms with Crippen LogP contribution in [0.1, 0.15) is 31.4 Å². The predicted octanol–water partition coefficient (Wildman–Crippen LogP) is 2.88. The van der Waals surface area contributed by atoms with E-state index in [0.29, 0.717) is 0 Å². The van der Waals surface area contributed by atoms with Crippen molar-refractivity contribution >= 4 is 5.69 Å². The molecule has 1 aliphatic rings. The molecule has 104 valence electrons. The average molecular weight is 260 g/mol. The Hall–Kier alpha value is -1.32. The lowest BCUT2D eigenvalue weighted by atomic mass is 10.0. The second-order valence-corrected chi connectivity index (χ2v) is 5.06. The lowest BCUT2D eigenvalue weighted by molar-refractivity contribution is 0.222. The summed E-state index contributed by atoms with van der Waals surface area (Å²) in [6.07, 6.45) is 4.32. The van der Waals surface area contributed by atoms with E-state index >= 15 is 0 Å². The smallest absolute Gasteiger partial charge is 0.0674 e. The van der Waals surface area contributed by atoms with Gasteiger partial charge in [0.1, 0.15) is 0 Å². The van der Waals surface area contributed by atoms with E-state index in [1.807, 2.05) is 0 Å². The highest BCUT2D eigenvalue weighted by Crippen LogP contribution is 2.28. The number of anilines is 1. The second-order valence-electron chi connectivity index (χ2n) is 5.06. The summed E-state index contributed by atoms with van der Waals surface area (Å²) in [5.74, 6) is 0. The van der Waals surface area contributed by atoms with Gasteiger partial charge in [-0.2, -0.15) is 0 Å². The van der Waals surface area contributed by atoms with E-state index < -0.39 is 0 Å². The molecule has 0 amide bonds. The molecule has 0 fully saturated rings. The number of nitrogens with two attached hydrogens (primary N) is 1. The Morgan fingerprint density at radius 3 is 2.79 bits per heavy atom. The zero-order chi connectivity index (χ0) is 13.7. The molecule has 1 aromatic rings. The molecule has 0 radical (unpaired) electrons. The molecule has 19 heavy (non-hydrogen) atoms. The molecule has 0 saturated carbocycles. The summed E-state index contributed by atoms with van der Waals surface area (Å²) in [7, 11) is 1.75. The van der Waals surface area contributed by atoms with Gasteiger partial charge in [0.25, 0.3) is 0 Å². The number of benzene rings is 1. The summed E-state index contributed by atoms with van der Waals surface area (Å²) < 4.78 is 5.19. The maximum Gasteiger partial charge on any atom is 0.0674 e. The third kappa shape index (κ3) is 3.37.